The number of rotatable bonds is 1. The summed E-state index contributed by atoms with van der Waals surface area (Å²) in [7, 11) is 0. The lowest BCUT2D eigenvalue weighted by Gasteiger charge is -2.13. The molecule has 0 saturated carbocycles. The largest absolute Gasteiger partial charge is 0.416 e. The van der Waals surface area contributed by atoms with Crippen LogP contribution in [0.2, 0.25) is 0 Å². The van der Waals surface area contributed by atoms with Gasteiger partial charge in [0.2, 0.25) is 0 Å². The van der Waals surface area contributed by atoms with Gasteiger partial charge in [0.05, 0.1) is 27.7 Å². The maximum absolute atomic E-state index is 13.0. The molecule has 28 heavy (non-hydrogen) atoms. The fraction of sp³-hybridized carbons (Fsp3) is 0.235. The van der Waals surface area contributed by atoms with Crippen molar-refractivity contribution >= 4 is 11.0 Å². The molecule has 1 heterocycles. The molecule has 0 aliphatic rings. The number of fused-ring (bicyclic) bond motifs is 1. The van der Waals surface area contributed by atoms with Crippen LogP contribution in [0.25, 0.3) is 22.4 Å². The Bertz CT molecular complexity index is 1010. The number of nitrogens with zero attached hydrogens (tertiary/aromatic N) is 1. The smallest absolute Gasteiger partial charge is 0.338 e. The molecule has 2 nitrogen and oxygen atoms in total. The number of hydrogen-bond donors (Lipinski definition) is 1. The Labute approximate surface area is 151 Å². The Balaban J connectivity index is 2.23. The molecule has 0 bridgehead atoms. The zero-order valence-corrected chi connectivity index (χ0v) is 13.7. The molecule has 0 saturated heterocycles. The summed E-state index contributed by atoms with van der Waals surface area (Å²) < 4.78 is 117. The molecule has 3 rings (SSSR count). The first kappa shape index (κ1) is 20.0. The Hall–Kier alpha value is -2.72. The maximum atomic E-state index is 13.0. The van der Waals surface area contributed by atoms with Gasteiger partial charge < -0.3 is 4.98 Å². The van der Waals surface area contributed by atoms with Gasteiger partial charge in [0.15, 0.2) is 0 Å². The summed E-state index contributed by atoms with van der Waals surface area (Å²) in [4.78, 5) is 6.27. The molecule has 0 unspecified atom stereocenters. The van der Waals surface area contributed by atoms with Crippen molar-refractivity contribution in [3.8, 4) is 11.4 Å². The number of nitrogens with one attached hydrogen (secondary N) is 1. The van der Waals surface area contributed by atoms with Crippen LogP contribution in [0, 0.1) is 6.92 Å². The van der Waals surface area contributed by atoms with Crippen LogP contribution in [0.4, 0.5) is 39.5 Å². The predicted octanol–water partition coefficient (Wildman–Crippen LogP) is 6.59. The Morgan fingerprint density at radius 1 is 0.679 bits per heavy atom. The Kier molecular flexibility index (Phi) is 4.39. The molecule has 3 aromatic rings. The summed E-state index contributed by atoms with van der Waals surface area (Å²) in [6.07, 6.45) is -14.8. The lowest BCUT2D eigenvalue weighted by molar-refractivity contribution is -0.143. The van der Waals surface area contributed by atoms with Gasteiger partial charge in [-0.25, -0.2) is 4.98 Å². The summed E-state index contributed by atoms with van der Waals surface area (Å²) in [5.74, 6) is -0.408. The van der Waals surface area contributed by atoms with Gasteiger partial charge in [0.25, 0.3) is 0 Å². The van der Waals surface area contributed by atoms with Gasteiger partial charge in [-0.3, -0.25) is 0 Å². The molecule has 0 fully saturated rings. The summed E-state index contributed by atoms with van der Waals surface area (Å²) in [5.41, 5.74) is -4.76. The van der Waals surface area contributed by atoms with Crippen LogP contribution < -0.4 is 0 Å². The van der Waals surface area contributed by atoms with E-state index < -0.39 is 46.6 Å². The lowest BCUT2D eigenvalue weighted by Crippen LogP contribution is -2.11. The average Bonchev–Trinajstić information content (AvgIpc) is 2.97. The topological polar surface area (TPSA) is 28.7 Å². The van der Waals surface area contributed by atoms with Gasteiger partial charge in [0.1, 0.15) is 5.82 Å². The van der Waals surface area contributed by atoms with Crippen molar-refractivity contribution < 1.29 is 39.5 Å². The minimum atomic E-state index is -5.05. The second kappa shape index (κ2) is 6.14. The minimum absolute atomic E-state index is 0.00831. The lowest BCUT2D eigenvalue weighted by atomic mass is 10.0. The average molecular weight is 412 g/mol. The number of hydrogen-bond acceptors (Lipinski definition) is 1. The highest BCUT2D eigenvalue weighted by atomic mass is 19.4. The highest BCUT2D eigenvalue weighted by Crippen LogP contribution is 2.39. The summed E-state index contributed by atoms with van der Waals surface area (Å²) >= 11 is 0. The second-order valence-electron chi connectivity index (χ2n) is 6.07. The third-order valence-electron chi connectivity index (χ3n) is 3.97. The molecule has 1 N–H and O–H groups in total. The van der Waals surface area contributed by atoms with E-state index in [1.807, 2.05) is 0 Å². The van der Waals surface area contributed by atoms with Crippen LogP contribution in [0.5, 0.6) is 0 Å². The molecule has 0 aliphatic carbocycles. The Morgan fingerprint density at radius 2 is 1.14 bits per heavy atom. The third-order valence-corrected chi connectivity index (χ3v) is 3.97. The highest BCUT2D eigenvalue weighted by molar-refractivity contribution is 5.83. The van der Waals surface area contributed by atoms with Crippen LogP contribution in [-0.4, -0.2) is 9.97 Å². The summed E-state index contributed by atoms with van der Waals surface area (Å²) in [6, 6.07) is 2.34. The van der Waals surface area contributed by atoms with E-state index in [4.69, 9.17) is 0 Å². The van der Waals surface area contributed by atoms with E-state index in [-0.39, 0.29) is 22.7 Å². The molecular weight excluding hydrogens is 403 g/mol. The fourth-order valence-corrected chi connectivity index (χ4v) is 2.68. The van der Waals surface area contributed by atoms with E-state index >= 15 is 0 Å². The third kappa shape index (κ3) is 3.78. The van der Waals surface area contributed by atoms with Crippen molar-refractivity contribution in [2.24, 2.45) is 0 Å². The SMILES string of the molecule is Cc1cc(C(F)(F)F)cc2[nH]c(-c3cc(C(F)(F)F)cc(C(F)(F)F)c3)nc12. The first-order valence-corrected chi connectivity index (χ1v) is 7.53. The monoisotopic (exact) mass is 412 g/mol. The van der Waals surface area contributed by atoms with Crippen molar-refractivity contribution in [3.05, 3.63) is 52.6 Å². The van der Waals surface area contributed by atoms with Crippen LogP contribution in [0.3, 0.4) is 0 Å². The van der Waals surface area contributed by atoms with E-state index in [0.29, 0.717) is 18.2 Å². The molecule has 1 aromatic heterocycles. The molecule has 11 heteroatoms. The van der Waals surface area contributed by atoms with Crippen LogP contribution in [-0.2, 0) is 18.5 Å². The minimum Gasteiger partial charge on any atom is -0.338 e. The van der Waals surface area contributed by atoms with Crippen LogP contribution >= 0.6 is 0 Å². The molecule has 150 valence electrons. The van der Waals surface area contributed by atoms with Gasteiger partial charge in [-0.15, -0.1) is 0 Å². The first-order chi connectivity index (χ1) is 12.7. The van der Waals surface area contributed by atoms with Crippen molar-refractivity contribution in [3.63, 3.8) is 0 Å². The normalized spacial score (nSPS) is 13.4. The Morgan fingerprint density at radius 3 is 1.61 bits per heavy atom. The number of H-pyrrole nitrogens is 1. The zero-order chi connectivity index (χ0) is 21.1. The number of aryl methyl sites for hydroxylation is 1. The van der Waals surface area contributed by atoms with E-state index in [2.05, 4.69) is 9.97 Å². The number of benzene rings is 2. The molecule has 0 amide bonds. The zero-order valence-electron chi connectivity index (χ0n) is 13.7. The van der Waals surface area contributed by atoms with Gasteiger partial charge in [0, 0.05) is 5.56 Å². The van der Waals surface area contributed by atoms with E-state index in [1.165, 1.54) is 6.92 Å². The van der Waals surface area contributed by atoms with Crippen LogP contribution in [0.1, 0.15) is 22.3 Å². The molecular formula is C17H9F9N2. The van der Waals surface area contributed by atoms with E-state index in [9.17, 15) is 39.5 Å². The number of halogens is 9. The maximum Gasteiger partial charge on any atom is 0.416 e. The number of alkyl halides is 9. The van der Waals surface area contributed by atoms with Crippen molar-refractivity contribution in [2.75, 3.05) is 0 Å². The van der Waals surface area contributed by atoms with Crippen molar-refractivity contribution in [2.45, 2.75) is 25.5 Å². The van der Waals surface area contributed by atoms with Crippen molar-refractivity contribution in [1.29, 1.82) is 0 Å². The van der Waals surface area contributed by atoms with Crippen molar-refractivity contribution in [1.82, 2.24) is 9.97 Å². The number of aromatic nitrogens is 2. The van der Waals surface area contributed by atoms with E-state index in [1.54, 1.807) is 0 Å². The summed E-state index contributed by atoms with van der Waals surface area (Å²) in [5, 5.41) is 0. The number of imidazole rings is 1. The molecule has 0 spiro atoms. The van der Waals surface area contributed by atoms with E-state index in [0.717, 1.165) is 6.07 Å². The quantitative estimate of drug-likeness (QED) is 0.449. The van der Waals surface area contributed by atoms with Gasteiger partial charge in [-0.05, 0) is 42.8 Å². The predicted molar refractivity (Wildman–Crippen MR) is 81.3 cm³/mol. The van der Waals surface area contributed by atoms with Gasteiger partial charge in [-0.1, -0.05) is 0 Å². The first-order valence-electron chi connectivity index (χ1n) is 7.53. The fourth-order valence-electron chi connectivity index (χ4n) is 2.68. The van der Waals surface area contributed by atoms with Gasteiger partial charge in [-0.2, -0.15) is 39.5 Å². The van der Waals surface area contributed by atoms with Crippen LogP contribution in [0.15, 0.2) is 30.3 Å². The molecule has 0 radical (unpaired) electrons. The molecule has 0 atom stereocenters. The standard InChI is InChI=1S/C17H9F9N2/c1-7-2-9(15(18,19)20)6-12-13(7)28-14(27-12)8-3-10(16(21,22)23)5-11(4-8)17(24,25)26/h2-6H,1H3,(H,27,28). The molecule has 2 aromatic carbocycles. The highest BCUT2D eigenvalue weighted by Gasteiger charge is 2.37. The van der Waals surface area contributed by atoms with Gasteiger partial charge >= 0.3 is 18.5 Å². The number of aromatic amines is 1. The second-order valence-corrected chi connectivity index (χ2v) is 6.07. The summed E-state index contributed by atoms with van der Waals surface area (Å²) in [6.45, 7) is 1.30. The molecule has 0 aliphatic heterocycles.